The molecule has 22 heavy (non-hydrogen) atoms. The van der Waals surface area contributed by atoms with Crippen LogP contribution in [-0.2, 0) is 0 Å². The zero-order valence-corrected chi connectivity index (χ0v) is 13.7. The summed E-state index contributed by atoms with van der Waals surface area (Å²) in [4.78, 5) is 13.4. The molecule has 1 heterocycles. The van der Waals surface area contributed by atoms with Crippen LogP contribution >= 0.6 is 11.3 Å². The van der Waals surface area contributed by atoms with E-state index in [9.17, 15) is 10.1 Å². The van der Waals surface area contributed by atoms with E-state index in [-0.39, 0.29) is 5.91 Å². The third kappa shape index (κ3) is 3.46. The lowest BCUT2D eigenvalue weighted by Crippen LogP contribution is -2.12. The van der Waals surface area contributed by atoms with Crippen LogP contribution in [0.25, 0.3) is 0 Å². The number of nitriles is 1. The molecule has 1 amide bonds. The number of thiophene rings is 1. The van der Waals surface area contributed by atoms with Gasteiger partial charge in [-0.15, -0.1) is 11.3 Å². The summed E-state index contributed by atoms with van der Waals surface area (Å²) in [7, 11) is 0. The standard InChI is InChI=1S/C17H18N2O2S/c1-4-8-21-14-7-5-6-13(9-14)16(20)19-17-15(10-18)11(2)12(3)22-17/h5-7,9H,4,8H2,1-3H3,(H,19,20). The SMILES string of the molecule is CCCOc1cccc(C(=O)Nc2sc(C)c(C)c2C#N)c1. The van der Waals surface area contributed by atoms with E-state index < -0.39 is 0 Å². The Balaban J connectivity index is 2.19. The van der Waals surface area contributed by atoms with Crippen LogP contribution in [0.1, 0.15) is 39.7 Å². The summed E-state index contributed by atoms with van der Waals surface area (Å²) in [6.45, 7) is 6.48. The second-order valence-electron chi connectivity index (χ2n) is 4.93. The van der Waals surface area contributed by atoms with E-state index in [2.05, 4.69) is 11.4 Å². The molecule has 0 aliphatic heterocycles. The molecule has 4 nitrogen and oxygen atoms in total. The van der Waals surface area contributed by atoms with Crippen molar-refractivity contribution in [3.63, 3.8) is 0 Å². The first-order chi connectivity index (χ1) is 10.6. The molecule has 0 saturated carbocycles. The van der Waals surface area contributed by atoms with Gasteiger partial charge in [-0.25, -0.2) is 0 Å². The van der Waals surface area contributed by atoms with Gasteiger partial charge in [0.1, 0.15) is 16.8 Å². The number of carbonyl (C=O) groups excluding carboxylic acids is 1. The Morgan fingerprint density at radius 2 is 2.18 bits per heavy atom. The van der Waals surface area contributed by atoms with Gasteiger partial charge >= 0.3 is 0 Å². The van der Waals surface area contributed by atoms with Gasteiger partial charge in [-0.3, -0.25) is 4.79 Å². The third-order valence-corrected chi connectivity index (χ3v) is 4.42. The number of nitrogens with one attached hydrogen (secondary N) is 1. The number of carbonyl (C=O) groups is 1. The molecular formula is C17H18N2O2S. The lowest BCUT2D eigenvalue weighted by molar-refractivity contribution is 0.102. The number of hydrogen-bond acceptors (Lipinski definition) is 4. The fraction of sp³-hybridized carbons (Fsp3) is 0.294. The van der Waals surface area contributed by atoms with E-state index in [4.69, 9.17) is 4.74 Å². The Morgan fingerprint density at radius 3 is 2.86 bits per heavy atom. The Morgan fingerprint density at radius 1 is 1.41 bits per heavy atom. The summed E-state index contributed by atoms with van der Waals surface area (Å²) < 4.78 is 5.53. The summed E-state index contributed by atoms with van der Waals surface area (Å²) in [5, 5.41) is 12.6. The average molecular weight is 314 g/mol. The first kappa shape index (κ1) is 16.1. The van der Waals surface area contributed by atoms with Crippen LogP contribution in [0.5, 0.6) is 5.75 Å². The van der Waals surface area contributed by atoms with Crippen molar-refractivity contribution in [1.29, 1.82) is 5.26 Å². The van der Waals surface area contributed by atoms with Crippen molar-refractivity contribution in [2.45, 2.75) is 27.2 Å². The Labute approximate surface area is 134 Å². The van der Waals surface area contributed by atoms with Crippen molar-refractivity contribution in [1.82, 2.24) is 0 Å². The molecule has 0 unspecified atom stereocenters. The molecule has 0 fully saturated rings. The minimum absolute atomic E-state index is 0.236. The molecule has 0 bridgehead atoms. The van der Waals surface area contributed by atoms with Crippen LogP contribution in [0.4, 0.5) is 5.00 Å². The molecule has 2 aromatic rings. The van der Waals surface area contributed by atoms with E-state index in [1.54, 1.807) is 18.2 Å². The highest BCUT2D eigenvalue weighted by Gasteiger charge is 2.15. The normalized spacial score (nSPS) is 10.1. The number of anilines is 1. The number of rotatable bonds is 5. The fourth-order valence-electron chi connectivity index (χ4n) is 1.97. The molecule has 1 aromatic carbocycles. The summed E-state index contributed by atoms with van der Waals surface area (Å²) in [6, 6.07) is 9.21. The number of amides is 1. The molecular weight excluding hydrogens is 296 g/mol. The van der Waals surface area contributed by atoms with Crippen molar-refractivity contribution in [2.75, 3.05) is 11.9 Å². The molecule has 114 valence electrons. The van der Waals surface area contributed by atoms with Gasteiger partial charge in [0.05, 0.1) is 12.2 Å². The minimum Gasteiger partial charge on any atom is -0.494 e. The molecule has 5 heteroatoms. The van der Waals surface area contributed by atoms with Crippen molar-refractivity contribution in [3.8, 4) is 11.8 Å². The number of hydrogen-bond donors (Lipinski definition) is 1. The van der Waals surface area contributed by atoms with Crippen molar-refractivity contribution >= 4 is 22.2 Å². The van der Waals surface area contributed by atoms with Gasteiger partial charge in [0.2, 0.25) is 0 Å². The zero-order chi connectivity index (χ0) is 16.1. The molecule has 0 aliphatic rings. The highest BCUT2D eigenvalue weighted by molar-refractivity contribution is 7.16. The molecule has 1 N–H and O–H groups in total. The van der Waals surface area contributed by atoms with E-state index >= 15 is 0 Å². The predicted molar refractivity (Wildman–Crippen MR) is 88.7 cm³/mol. The van der Waals surface area contributed by atoms with Crippen LogP contribution in [0.2, 0.25) is 0 Å². The average Bonchev–Trinajstić information content (AvgIpc) is 2.79. The Kier molecular flexibility index (Phi) is 5.18. The maximum Gasteiger partial charge on any atom is 0.256 e. The van der Waals surface area contributed by atoms with Gasteiger partial charge in [0.25, 0.3) is 5.91 Å². The predicted octanol–water partition coefficient (Wildman–Crippen LogP) is 4.28. The van der Waals surface area contributed by atoms with Crippen LogP contribution in [0.15, 0.2) is 24.3 Å². The van der Waals surface area contributed by atoms with E-state index in [0.717, 1.165) is 16.9 Å². The third-order valence-electron chi connectivity index (χ3n) is 3.29. The first-order valence-electron chi connectivity index (χ1n) is 7.11. The molecule has 0 saturated heterocycles. The van der Waals surface area contributed by atoms with Gasteiger partial charge < -0.3 is 10.1 Å². The highest BCUT2D eigenvalue weighted by atomic mass is 32.1. The van der Waals surface area contributed by atoms with Crippen LogP contribution in [-0.4, -0.2) is 12.5 Å². The van der Waals surface area contributed by atoms with Gasteiger partial charge in [0, 0.05) is 10.4 Å². The van der Waals surface area contributed by atoms with Gasteiger partial charge in [-0.05, 0) is 44.0 Å². The topological polar surface area (TPSA) is 62.1 Å². The van der Waals surface area contributed by atoms with Crippen LogP contribution in [0.3, 0.4) is 0 Å². The zero-order valence-electron chi connectivity index (χ0n) is 12.9. The second kappa shape index (κ2) is 7.10. The summed E-state index contributed by atoms with van der Waals surface area (Å²) in [5.41, 5.74) is 1.97. The van der Waals surface area contributed by atoms with Gasteiger partial charge in [0.15, 0.2) is 0 Å². The summed E-state index contributed by atoms with van der Waals surface area (Å²) >= 11 is 1.42. The maximum atomic E-state index is 12.4. The molecule has 0 aliphatic carbocycles. The number of aryl methyl sites for hydroxylation is 1. The van der Waals surface area contributed by atoms with E-state index in [1.807, 2.05) is 26.8 Å². The van der Waals surface area contributed by atoms with Crippen molar-refractivity contribution in [2.24, 2.45) is 0 Å². The van der Waals surface area contributed by atoms with Crippen LogP contribution in [0, 0.1) is 25.2 Å². The van der Waals surface area contributed by atoms with Gasteiger partial charge in [-0.2, -0.15) is 5.26 Å². The second-order valence-corrected chi connectivity index (χ2v) is 6.15. The highest BCUT2D eigenvalue weighted by Crippen LogP contribution is 2.32. The summed E-state index contributed by atoms with van der Waals surface area (Å²) in [6.07, 6.45) is 0.912. The largest absolute Gasteiger partial charge is 0.494 e. The molecule has 0 radical (unpaired) electrons. The molecule has 0 atom stereocenters. The minimum atomic E-state index is -0.236. The molecule has 2 rings (SSSR count). The molecule has 1 aromatic heterocycles. The number of benzene rings is 1. The summed E-state index contributed by atoms with van der Waals surface area (Å²) in [5.74, 6) is 0.438. The van der Waals surface area contributed by atoms with E-state index in [0.29, 0.717) is 28.5 Å². The quantitative estimate of drug-likeness (QED) is 0.896. The Bertz CT molecular complexity index is 729. The monoisotopic (exact) mass is 314 g/mol. The lowest BCUT2D eigenvalue weighted by atomic mass is 10.1. The smallest absolute Gasteiger partial charge is 0.256 e. The van der Waals surface area contributed by atoms with Crippen molar-refractivity contribution in [3.05, 3.63) is 45.8 Å². The number of ether oxygens (including phenoxy) is 1. The van der Waals surface area contributed by atoms with Crippen LogP contribution < -0.4 is 10.1 Å². The first-order valence-corrected chi connectivity index (χ1v) is 7.92. The Hall–Kier alpha value is -2.32. The fourth-order valence-corrected chi connectivity index (χ4v) is 2.98. The lowest BCUT2D eigenvalue weighted by Gasteiger charge is -2.07. The van der Waals surface area contributed by atoms with Gasteiger partial charge in [-0.1, -0.05) is 13.0 Å². The molecule has 0 spiro atoms. The number of nitrogens with zero attached hydrogens (tertiary/aromatic N) is 1. The van der Waals surface area contributed by atoms with Crippen molar-refractivity contribution < 1.29 is 9.53 Å². The maximum absolute atomic E-state index is 12.4. The van der Waals surface area contributed by atoms with E-state index in [1.165, 1.54) is 11.3 Å².